The molecular formula is C28H35N3O5S2. The molecule has 1 aromatic heterocycles. The molecule has 204 valence electrons. The first kappa shape index (κ1) is 27.2. The van der Waals surface area contributed by atoms with Gasteiger partial charge in [-0.2, -0.15) is 4.31 Å². The van der Waals surface area contributed by atoms with Gasteiger partial charge in [0.1, 0.15) is 0 Å². The largest absolute Gasteiger partial charge is 0.376 e. The lowest BCUT2D eigenvalue weighted by atomic mass is 10.0. The zero-order chi connectivity index (χ0) is 27.0. The van der Waals surface area contributed by atoms with E-state index in [4.69, 9.17) is 14.5 Å². The Morgan fingerprint density at radius 2 is 1.84 bits per heavy atom. The van der Waals surface area contributed by atoms with Crippen LogP contribution in [0.25, 0.3) is 10.2 Å². The Labute approximate surface area is 228 Å². The lowest BCUT2D eigenvalue weighted by Gasteiger charge is -2.34. The van der Waals surface area contributed by atoms with Gasteiger partial charge in [0, 0.05) is 25.3 Å². The fourth-order valence-corrected chi connectivity index (χ4v) is 7.78. The molecule has 2 aliphatic rings. The van der Waals surface area contributed by atoms with E-state index >= 15 is 0 Å². The third-order valence-electron chi connectivity index (χ3n) is 7.07. The number of nitrogens with zero attached hydrogens (tertiary/aromatic N) is 3. The summed E-state index contributed by atoms with van der Waals surface area (Å²) in [5.41, 5.74) is 2.48. The van der Waals surface area contributed by atoms with Gasteiger partial charge in [0.25, 0.3) is 5.91 Å². The molecule has 0 radical (unpaired) electrons. The molecule has 10 heteroatoms. The van der Waals surface area contributed by atoms with Crippen LogP contribution in [0.15, 0.2) is 47.4 Å². The maximum absolute atomic E-state index is 13.8. The summed E-state index contributed by atoms with van der Waals surface area (Å²) in [5, 5.41) is 0.626. The number of fused-ring (bicyclic) bond motifs is 1. The summed E-state index contributed by atoms with van der Waals surface area (Å²) >= 11 is 1.49. The highest BCUT2D eigenvalue weighted by Gasteiger charge is 2.33. The van der Waals surface area contributed by atoms with Gasteiger partial charge in [-0.15, -0.1) is 0 Å². The maximum Gasteiger partial charge on any atom is 0.260 e. The highest BCUT2D eigenvalue weighted by molar-refractivity contribution is 7.89. The molecular weight excluding hydrogens is 522 g/mol. The van der Waals surface area contributed by atoms with E-state index in [0.29, 0.717) is 42.9 Å². The molecule has 2 saturated heterocycles. The van der Waals surface area contributed by atoms with Gasteiger partial charge in [0.15, 0.2) is 5.13 Å². The summed E-state index contributed by atoms with van der Waals surface area (Å²) < 4.78 is 40.6. The summed E-state index contributed by atoms with van der Waals surface area (Å²) in [6, 6.07) is 12.4. The molecule has 3 heterocycles. The Balaban J connectivity index is 1.44. The normalized spacial score (nSPS) is 22.8. The van der Waals surface area contributed by atoms with Crippen molar-refractivity contribution in [1.82, 2.24) is 9.29 Å². The van der Waals surface area contributed by atoms with Gasteiger partial charge in [0.2, 0.25) is 10.0 Å². The lowest BCUT2D eigenvalue weighted by Crippen LogP contribution is -2.48. The number of hydrogen-bond donors (Lipinski definition) is 0. The monoisotopic (exact) mass is 557 g/mol. The molecule has 2 fully saturated rings. The summed E-state index contributed by atoms with van der Waals surface area (Å²) in [5.74, 6) is 0.0890. The van der Waals surface area contributed by atoms with Crippen LogP contribution in [0.3, 0.4) is 0 Å². The van der Waals surface area contributed by atoms with E-state index in [-0.39, 0.29) is 29.1 Å². The van der Waals surface area contributed by atoms with E-state index in [0.717, 1.165) is 28.6 Å². The lowest BCUT2D eigenvalue weighted by molar-refractivity contribution is -0.0440. The topological polar surface area (TPSA) is 89.0 Å². The number of rotatable bonds is 7. The van der Waals surface area contributed by atoms with Crippen molar-refractivity contribution >= 4 is 42.6 Å². The Morgan fingerprint density at radius 3 is 2.47 bits per heavy atom. The van der Waals surface area contributed by atoms with Crippen LogP contribution < -0.4 is 4.90 Å². The summed E-state index contributed by atoms with van der Waals surface area (Å²) in [4.78, 5) is 20.6. The second-order valence-corrected chi connectivity index (χ2v) is 13.4. The third-order valence-corrected chi connectivity index (χ3v) is 9.96. The fraction of sp³-hybridized carbons (Fsp3) is 0.500. The van der Waals surface area contributed by atoms with Gasteiger partial charge >= 0.3 is 0 Å². The molecule has 2 aliphatic heterocycles. The molecule has 0 N–H and O–H groups in total. The molecule has 0 bridgehead atoms. The molecule has 3 unspecified atom stereocenters. The Hall–Kier alpha value is -2.37. The van der Waals surface area contributed by atoms with E-state index in [1.165, 1.54) is 27.8 Å². The van der Waals surface area contributed by atoms with Crippen molar-refractivity contribution < 1.29 is 22.7 Å². The first-order chi connectivity index (χ1) is 18.1. The van der Waals surface area contributed by atoms with Crippen molar-refractivity contribution in [2.24, 2.45) is 0 Å². The molecule has 0 saturated carbocycles. The highest BCUT2D eigenvalue weighted by Crippen LogP contribution is 2.35. The number of morpholine rings is 1. The number of carbonyl (C=O) groups is 1. The number of anilines is 1. The van der Waals surface area contributed by atoms with Crippen LogP contribution >= 0.6 is 11.3 Å². The molecule has 0 spiro atoms. The van der Waals surface area contributed by atoms with Crippen molar-refractivity contribution in [2.45, 2.75) is 69.7 Å². The minimum atomic E-state index is -3.69. The zero-order valence-electron chi connectivity index (χ0n) is 22.3. The molecule has 2 aromatic carbocycles. The smallest absolute Gasteiger partial charge is 0.260 e. The second kappa shape index (κ2) is 11.0. The molecule has 5 rings (SSSR count). The Bertz CT molecular complexity index is 1390. The number of benzene rings is 2. The number of ether oxygens (including phenoxy) is 2. The quantitative estimate of drug-likeness (QED) is 0.404. The first-order valence-corrected chi connectivity index (χ1v) is 15.5. The van der Waals surface area contributed by atoms with Crippen LogP contribution in [0.4, 0.5) is 5.13 Å². The minimum absolute atomic E-state index is 0.0551. The molecule has 38 heavy (non-hydrogen) atoms. The van der Waals surface area contributed by atoms with E-state index in [2.05, 4.69) is 19.9 Å². The first-order valence-electron chi connectivity index (χ1n) is 13.2. The molecule has 1 amide bonds. The van der Waals surface area contributed by atoms with Gasteiger partial charge in [-0.05, 0) is 68.5 Å². The summed E-state index contributed by atoms with van der Waals surface area (Å²) in [6.45, 7) is 9.71. The van der Waals surface area contributed by atoms with Crippen molar-refractivity contribution in [1.29, 1.82) is 0 Å². The second-order valence-electron chi connectivity index (χ2n) is 10.5. The predicted molar refractivity (Wildman–Crippen MR) is 150 cm³/mol. The number of sulfonamides is 1. The van der Waals surface area contributed by atoms with Gasteiger partial charge in [0.05, 0.1) is 40.0 Å². The van der Waals surface area contributed by atoms with Crippen LogP contribution in [0, 0.1) is 0 Å². The predicted octanol–water partition coefficient (Wildman–Crippen LogP) is 5.04. The van der Waals surface area contributed by atoms with Crippen LogP contribution in [-0.4, -0.2) is 68.2 Å². The van der Waals surface area contributed by atoms with Gasteiger partial charge in [-0.1, -0.05) is 37.3 Å². The Kier molecular flexibility index (Phi) is 7.89. The number of aromatic nitrogens is 1. The third kappa shape index (κ3) is 5.51. The fourth-order valence-electron chi connectivity index (χ4n) is 5.18. The average Bonchev–Trinajstić information content (AvgIpc) is 3.56. The summed E-state index contributed by atoms with van der Waals surface area (Å²) in [7, 11) is -3.69. The standard InChI is InChI=1S/C28H35N3O5S2/c1-18(2)24-8-5-9-25-26(24)29-28(37-25)31(17-22-7-6-14-35-22)27(32)21-10-12-23(13-11-21)38(33,34)30-15-19(3)36-20(4)16-30/h5,8-13,18-20,22H,6-7,14-17H2,1-4H3. The van der Waals surface area contributed by atoms with E-state index in [9.17, 15) is 13.2 Å². The summed E-state index contributed by atoms with van der Waals surface area (Å²) in [6.07, 6.45) is 1.45. The van der Waals surface area contributed by atoms with Crippen molar-refractivity contribution in [3.05, 3.63) is 53.6 Å². The van der Waals surface area contributed by atoms with E-state index in [1.54, 1.807) is 17.0 Å². The number of para-hydroxylation sites is 1. The number of hydrogen-bond acceptors (Lipinski definition) is 7. The van der Waals surface area contributed by atoms with Crippen LogP contribution in [0.2, 0.25) is 0 Å². The van der Waals surface area contributed by atoms with E-state index in [1.807, 2.05) is 26.0 Å². The highest BCUT2D eigenvalue weighted by atomic mass is 32.2. The van der Waals surface area contributed by atoms with Crippen LogP contribution in [0.5, 0.6) is 0 Å². The molecule has 3 atom stereocenters. The minimum Gasteiger partial charge on any atom is -0.376 e. The zero-order valence-corrected chi connectivity index (χ0v) is 23.9. The van der Waals surface area contributed by atoms with Gasteiger partial charge in [-0.25, -0.2) is 13.4 Å². The van der Waals surface area contributed by atoms with E-state index < -0.39 is 10.0 Å². The molecule has 8 nitrogen and oxygen atoms in total. The SMILES string of the molecule is CC1CN(S(=O)(=O)c2ccc(C(=O)N(CC3CCCO3)c3nc4c(C(C)C)cccc4s3)cc2)CC(C)O1. The van der Waals surface area contributed by atoms with Crippen LogP contribution in [-0.2, 0) is 19.5 Å². The van der Waals surface area contributed by atoms with Gasteiger partial charge in [-0.3, -0.25) is 9.69 Å². The van der Waals surface area contributed by atoms with Gasteiger partial charge < -0.3 is 9.47 Å². The number of carbonyl (C=O) groups excluding carboxylic acids is 1. The number of thiazole rings is 1. The van der Waals surface area contributed by atoms with Crippen molar-refractivity contribution in [3.8, 4) is 0 Å². The van der Waals surface area contributed by atoms with Crippen molar-refractivity contribution in [2.75, 3.05) is 31.1 Å². The number of amides is 1. The maximum atomic E-state index is 13.8. The molecule has 0 aliphatic carbocycles. The van der Waals surface area contributed by atoms with Crippen molar-refractivity contribution in [3.63, 3.8) is 0 Å². The Morgan fingerprint density at radius 1 is 1.13 bits per heavy atom. The van der Waals surface area contributed by atoms with Crippen LogP contribution in [0.1, 0.15) is 62.4 Å². The average molecular weight is 558 g/mol. The molecule has 3 aromatic rings.